The normalized spacial score (nSPS) is 15.2. The summed E-state index contributed by atoms with van der Waals surface area (Å²) in [6, 6.07) is 37.7. The third-order valence-electron chi connectivity index (χ3n) is 17.6. The van der Waals surface area contributed by atoms with Crippen molar-refractivity contribution in [2.45, 2.75) is 200 Å². The Morgan fingerprint density at radius 3 is 1.23 bits per heavy atom. The summed E-state index contributed by atoms with van der Waals surface area (Å²) in [6.07, 6.45) is 17.4. The van der Waals surface area contributed by atoms with Crippen LogP contribution in [0.1, 0.15) is 217 Å². The lowest BCUT2D eigenvalue weighted by molar-refractivity contribution is -0.160. The van der Waals surface area contributed by atoms with Gasteiger partial charge in [0.1, 0.15) is 46.3 Å². The smallest absolute Gasteiger partial charge is 0.343 e. The Morgan fingerprint density at radius 2 is 0.816 bits per heavy atom. The van der Waals surface area contributed by atoms with Crippen LogP contribution < -0.4 is 40.2 Å². The number of amides is 4. The molecule has 522 valence electrons. The first-order chi connectivity index (χ1) is 47.1. The minimum absolute atomic E-state index is 0.0180. The van der Waals surface area contributed by atoms with Crippen LogP contribution >= 0.6 is 0 Å². The van der Waals surface area contributed by atoms with Crippen molar-refractivity contribution in [1.29, 1.82) is 0 Å². The molecular formula is C80H98N4O14. The first kappa shape index (κ1) is 74.5. The Bertz CT molecular complexity index is 3580. The van der Waals surface area contributed by atoms with Crippen LogP contribution in [0.5, 0.6) is 23.0 Å². The average molecular weight is 1340 g/mol. The first-order valence-corrected chi connectivity index (χ1v) is 35.1. The molecule has 98 heavy (non-hydrogen) atoms. The second-order valence-electron chi connectivity index (χ2n) is 27.5. The Kier molecular flexibility index (Phi) is 28.0. The Labute approximate surface area is 577 Å². The highest BCUT2D eigenvalue weighted by Crippen LogP contribution is 2.38. The largest absolute Gasteiger partial charge is 0.494 e. The molecule has 4 amide bonds. The van der Waals surface area contributed by atoms with E-state index >= 15 is 0 Å². The number of hydrogen-bond donors (Lipinski definition) is 4. The molecule has 0 aromatic heterocycles. The SMILES string of the molecule is CCCCCCCOc1ccc(C(=O)Oc2ccc(CC(NC(=O)c3ccc(NC(=O)C4CCC(CC(C)(C)OC(=O)C(Cc5ccc(OC(=O)c6ccc(OCCCCCCC)cc6)cc5)NC(=O)c5ccc(NC(=O)C6CCCC6)cc5)C4)cc3)C(=O)OC(C)(C)C)cc2)cc1. The van der Waals surface area contributed by atoms with Gasteiger partial charge in [0.2, 0.25) is 11.8 Å². The maximum Gasteiger partial charge on any atom is 0.343 e. The molecule has 4 unspecified atom stereocenters. The molecule has 0 saturated heterocycles. The minimum atomic E-state index is -1.14. The van der Waals surface area contributed by atoms with Crippen LogP contribution in [-0.2, 0) is 41.5 Å². The van der Waals surface area contributed by atoms with E-state index in [0.717, 1.165) is 51.4 Å². The number of carbonyl (C=O) groups is 8. The topological polar surface area (TPSA) is 240 Å². The fourth-order valence-corrected chi connectivity index (χ4v) is 12.3. The molecule has 0 heterocycles. The summed E-state index contributed by atoms with van der Waals surface area (Å²) in [6.45, 7) is 14.4. The molecule has 0 aliphatic heterocycles. The van der Waals surface area contributed by atoms with Gasteiger partial charge in [0.05, 0.1) is 24.3 Å². The van der Waals surface area contributed by atoms with Gasteiger partial charge in [-0.05, 0) is 224 Å². The third kappa shape index (κ3) is 24.3. The van der Waals surface area contributed by atoms with Gasteiger partial charge in [-0.15, -0.1) is 0 Å². The highest BCUT2D eigenvalue weighted by Gasteiger charge is 2.37. The van der Waals surface area contributed by atoms with Gasteiger partial charge < -0.3 is 49.7 Å². The first-order valence-electron chi connectivity index (χ1n) is 35.1. The maximum absolute atomic E-state index is 14.4. The van der Waals surface area contributed by atoms with Crippen LogP contribution in [0.25, 0.3) is 0 Å². The quantitative estimate of drug-likeness (QED) is 0.0164. The number of anilines is 2. The number of carbonyl (C=O) groups excluding carboxylic acids is 8. The van der Waals surface area contributed by atoms with E-state index in [2.05, 4.69) is 35.1 Å². The van der Waals surface area contributed by atoms with Gasteiger partial charge in [0.15, 0.2) is 0 Å². The Morgan fingerprint density at radius 1 is 0.429 bits per heavy atom. The molecule has 2 aliphatic rings. The van der Waals surface area contributed by atoms with Crippen molar-refractivity contribution >= 4 is 58.9 Å². The molecule has 2 fully saturated rings. The van der Waals surface area contributed by atoms with E-state index in [1.807, 2.05) is 13.8 Å². The molecule has 0 bridgehead atoms. The van der Waals surface area contributed by atoms with Crippen LogP contribution in [0.4, 0.5) is 11.4 Å². The van der Waals surface area contributed by atoms with Gasteiger partial charge in [0, 0.05) is 47.2 Å². The second kappa shape index (κ2) is 36.9. The highest BCUT2D eigenvalue weighted by molar-refractivity contribution is 6.00. The lowest BCUT2D eigenvalue weighted by Gasteiger charge is -2.30. The molecule has 0 radical (unpaired) electrons. The number of ether oxygens (including phenoxy) is 6. The van der Waals surface area contributed by atoms with E-state index in [1.165, 1.54) is 38.5 Å². The summed E-state index contributed by atoms with van der Waals surface area (Å²) < 4.78 is 35.0. The molecule has 18 heteroatoms. The highest BCUT2D eigenvalue weighted by atomic mass is 16.6. The van der Waals surface area contributed by atoms with Crippen molar-refractivity contribution in [2.24, 2.45) is 17.8 Å². The van der Waals surface area contributed by atoms with Gasteiger partial charge in [-0.3, -0.25) is 19.2 Å². The molecule has 6 aromatic rings. The monoisotopic (exact) mass is 1340 g/mol. The van der Waals surface area contributed by atoms with E-state index < -0.39 is 59.0 Å². The molecule has 4 atom stereocenters. The molecule has 4 N–H and O–H groups in total. The van der Waals surface area contributed by atoms with Crippen LogP contribution in [0.15, 0.2) is 146 Å². The van der Waals surface area contributed by atoms with E-state index in [-0.39, 0.29) is 59.3 Å². The molecule has 2 aliphatic carbocycles. The predicted molar refractivity (Wildman–Crippen MR) is 378 cm³/mol. The number of benzene rings is 6. The summed E-state index contributed by atoms with van der Waals surface area (Å²) in [7, 11) is 0. The summed E-state index contributed by atoms with van der Waals surface area (Å²) >= 11 is 0. The molecule has 6 aromatic carbocycles. The van der Waals surface area contributed by atoms with Gasteiger partial charge in [-0.1, -0.05) is 102 Å². The van der Waals surface area contributed by atoms with Gasteiger partial charge in [0.25, 0.3) is 11.8 Å². The van der Waals surface area contributed by atoms with E-state index in [9.17, 15) is 38.4 Å². The van der Waals surface area contributed by atoms with Crippen molar-refractivity contribution in [2.75, 3.05) is 23.8 Å². The number of unbranched alkanes of at least 4 members (excludes halogenated alkanes) is 8. The number of hydrogen-bond acceptors (Lipinski definition) is 14. The number of rotatable bonds is 35. The number of nitrogens with one attached hydrogen (secondary N) is 4. The zero-order valence-corrected chi connectivity index (χ0v) is 58.0. The lowest BCUT2D eigenvalue weighted by Crippen LogP contribution is -2.46. The van der Waals surface area contributed by atoms with Crippen molar-refractivity contribution in [3.8, 4) is 23.0 Å². The summed E-state index contributed by atoms with van der Waals surface area (Å²) in [4.78, 5) is 109. The van der Waals surface area contributed by atoms with Crippen molar-refractivity contribution in [3.63, 3.8) is 0 Å². The summed E-state index contributed by atoms with van der Waals surface area (Å²) in [5.74, 6) is -2.07. The molecule has 2 saturated carbocycles. The van der Waals surface area contributed by atoms with Gasteiger partial charge in [-0.2, -0.15) is 0 Å². The summed E-state index contributed by atoms with van der Waals surface area (Å²) in [5.41, 5.74) is 1.77. The standard InChI is InChI=1S/C80H98N4O14/c1-8-10-12-14-18-48-93-65-44-32-60(33-45-65)75(89)95-67-40-23-54(24-41-67)51-69(77(91)97-79(3,4)5)83-72(86)58-30-38-64(39-31-58)82-74(88)62-27-22-56(50-62)53-80(6,7)98-78(92)70(84-73(87)59-28-36-63(37-29-59)81-71(85)57-20-16-17-21-57)52-55-25-42-68(43-26-55)96-76(90)61-34-46-66(47-35-61)94-49-19-15-13-11-9-2/h23-26,28-47,56-57,62,69-70H,8-22,27,48-53H2,1-7H3,(H,81,85)(H,82,88)(H,83,86)(H,84,87). The fraction of sp³-hybridized carbons (Fsp3) is 0.450. The van der Waals surface area contributed by atoms with Crippen LogP contribution in [0.3, 0.4) is 0 Å². The van der Waals surface area contributed by atoms with Crippen molar-refractivity contribution in [1.82, 2.24) is 10.6 Å². The Balaban J connectivity index is 0.830. The number of esters is 4. The van der Waals surface area contributed by atoms with Gasteiger partial charge >= 0.3 is 23.9 Å². The van der Waals surface area contributed by atoms with E-state index in [4.69, 9.17) is 28.4 Å². The molecule has 18 nitrogen and oxygen atoms in total. The van der Waals surface area contributed by atoms with Crippen molar-refractivity contribution in [3.05, 3.63) is 179 Å². The average Bonchev–Trinajstić information content (AvgIpc) is 1.87. The van der Waals surface area contributed by atoms with Crippen molar-refractivity contribution < 1.29 is 66.8 Å². The Hall–Kier alpha value is -9.32. The predicted octanol–water partition coefficient (Wildman–Crippen LogP) is 15.7. The molecule has 8 rings (SSSR count). The fourth-order valence-electron chi connectivity index (χ4n) is 12.3. The van der Waals surface area contributed by atoms with E-state index in [1.54, 1.807) is 166 Å². The van der Waals surface area contributed by atoms with E-state index in [0.29, 0.717) is 89.8 Å². The maximum atomic E-state index is 14.4. The van der Waals surface area contributed by atoms with Crippen LogP contribution in [0.2, 0.25) is 0 Å². The molecule has 0 spiro atoms. The summed E-state index contributed by atoms with van der Waals surface area (Å²) in [5, 5.41) is 11.7. The minimum Gasteiger partial charge on any atom is -0.494 e. The van der Waals surface area contributed by atoms with Crippen LogP contribution in [0, 0.1) is 17.8 Å². The zero-order chi connectivity index (χ0) is 70.0. The van der Waals surface area contributed by atoms with Crippen LogP contribution in [-0.4, -0.2) is 84.0 Å². The lowest BCUT2D eigenvalue weighted by atomic mass is 9.91. The second-order valence-corrected chi connectivity index (χ2v) is 27.5. The zero-order valence-electron chi connectivity index (χ0n) is 58.0. The van der Waals surface area contributed by atoms with Gasteiger partial charge in [-0.25, -0.2) is 19.2 Å². The third-order valence-corrected chi connectivity index (χ3v) is 17.6. The molecular weight excluding hydrogens is 1240 g/mol.